The van der Waals surface area contributed by atoms with Gasteiger partial charge in [0.2, 0.25) is 0 Å². The summed E-state index contributed by atoms with van der Waals surface area (Å²) in [4.78, 5) is 0. The molecule has 2 heteroatoms. The number of fused-ring (bicyclic) bond motifs is 5. The van der Waals surface area contributed by atoms with Gasteiger partial charge in [0.25, 0.3) is 0 Å². The summed E-state index contributed by atoms with van der Waals surface area (Å²) in [5.41, 5.74) is 0. The number of unbranched alkanes of at least 4 members (excludes halogenated alkanes) is 18. The van der Waals surface area contributed by atoms with Crippen molar-refractivity contribution in [3.63, 3.8) is 0 Å². The molecule has 0 N–H and O–H groups in total. The van der Waals surface area contributed by atoms with Crippen molar-refractivity contribution >= 4 is 0 Å². The third-order valence-electron chi connectivity index (χ3n) is 11.4. The minimum atomic E-state index is -0.277. The lowest BCUT2D eigenvalue weighted by Gasteiger charge is -2.30. The molecule has 3 fully saturated rings. The largest absolute Gasteiger partial charge is 0.344 e. The van der Waals surface area contributed by atoms with E-state index in [2.05, 4.69) is 69.4 Å². The number of hydrogen-bond donors (Lipinski definition) is 0. The van der Waals surface area contributed by atoms with E-state index in [1.165, 1.54) is 154 Å². The molecular weight excluding hydrogens is 572 g/mol. The van der Waals surface area contributed by atoms with Crippen LogP contribution in [0, 0.1) is 17.8 Å². The van der Waals surface area contributed by atoms with Crippen molar-refractivity contribution in [2.24, 2.45) is 17.8 Å². The average Bonchev–Trinajstić information content (AvgIpc) is 3.74. The summed E-state index contributed by atoms with van der Waals surface area (Å²) in [5, 5.41) is 0. The lowest BCUT2D eigenvalue weighted by Crippen LogP contribution is -2.33. The number of ether oxygens (including phenoxy) is 2. The van der Waals surface area contributed by atoms with Gasteiger partial charge in [-0.1, -0.05) is 146 Å². The second kappa shape index (κ2) is 25.8. The third-order valence-corrected chi connectivity index (χ3v) is 11.4. The van der Waals surface area contributed by atoms with Crippen molar-refractivity contribution in [2.45, 2.75) is 219 Å². The van der Waals surface area contributed by atoms with E-state index in [1.54, 1.807) is 0 Å². The second-order valence-corrected chi connectivity index (χ2v) is 15.6. The molecule has 5 atom stereocenters. The van der Waals surface area contributed by atoms with Crippen LogP contribution in [0.5, 0.6) is 0 Å². The molecule has 0 aromatic carbocycles. The maximum absolute atomic E-state index is 6.98. The van der Waals surface area contributed by atoms with Gasteiger partial charge in [0.15, 0.2) is 5.79 Å². The van der Waals surface area contributed by atoms with Crippen LogP contribution in [0.3, 0.4) is 0 Å². The molecular formula is C45H78O2. The first-order valence-electron chi connectivity index (χ1n) is 21.1. The van der Waals surface area contributed by atoms with Crippen LogP contribution in [0.1, 0.15) is 201 Å². The fourth-order valence-electron chi connectivity index (χ4n) is 8.54. The van der Waals surface area contributed by atoms with Gasteiger partial charge >= 0.3 is 0 Å². The van der Waals surface area contributed by atoms with Gasteiger partial charge in [-0.3, -0.25) is 0 Å². The number of allylic oxidation sites excluding steroid dienone is 8. The molecule has 1 aliphatic heterocycles. The Kier molecular flexibility index (Phi) is 22.1. The van der Waals surface area contributed by atoms with Crippen molar-refractivity contribution in [3.05, 3.63) is 48.6 Å². The molecule has 2 bridgehead atoms. The predicted molar refractivity (Wildman–Crippen MR) is 206 cm³/mol. The Hall–Kier alpha value is -1.12. The Morgan fingerprint density at radius 3 is 1.34 bits per heavy atom. The summed E-state index contributed by atoms with van der Waals surface area (Å²) in [6.45, 7) is 7.00. The zero-order valence-electron chi connectivity index (χ0n) is 31.6. The highest BCUT2D eigenvalue weighted by Gasteiger charge is 2.60. The molecule has 0 aromatic heterocycles. The maximum Gasteiger partial charge on any atom is 0.169 e. The quantitative estimate of drug-likeness (QED) is 0.0569. The summed E-state index contributed by atoms with van der Waals surface area (Å²) in [5.74, 6) is 2.05. The smallest absolute Gasteiger partial charge is 0.169 e. The maximum atomic E-state index is 6.98. The Morgan fingerprint density at radius 2 is 0.872 bits per heavy atom. The molecule has 2 unspecified atom stereocenters. The normalized spacial score (nSPS) is 25.1. The highest BCUT2D eigenvalue weighted by atomic mass is 16.8. The molecule has 1 heterocycles. The van der Waals surface area contributed by atoms with Crippen molar-refractivity contribution < 1.29 is 9.47 Å². The molecule has 47 heavy (non-hydrogen) atoms. The molecule has 3 aliphatic rings. The molecule has 0 aromatic rings. The lowest BCUT2D eigenvalue weighted by atomic mass is 9.86. The molecule has 0 radical (unpaired) electrons. The molecule has 1 saturated heterocycles. The summed E-state index contributed by atoms with van der Waals surface area (Å²) < 4.78 is 13.9. The van der Waals surface area contributed by atoms with E-state index in [0.717, 1.165) is 43.4 Å². The number of rotatable bonds is 30. The second-order valence-electron chi connectivity index (χ2n) is 15.6. The molecule has 2 aliphatic carbocycles. The summed E-state index contributed by atoms with van der Waals surface area (Å²) in [6.07, 6.45) is 55.9. The minimum absolute atomic E-state index is 0.277. The minimum Gasteiger partial charge on any atom is -0.344 e. The fraction of sp³-hybridized carbons (Fsp3) is 0.822. The van der Waals surface area contributed by atoms with Crippen molar-refractivity contribution in [2.75, 3.05) is 0 Å². The van der Waals surface area contributed by atoms with Crippen molar-refractivity contribution in [1.82, 2.24) is 0 Å². The third kappa shape index (κ3) is 16.4. The van der Waals surface area contributed by atoms with E-state index in [0.29, 0.717) is 12.2 Å². The first kappa shape index (κ1) is 40.3. The molecule has 0 spiro atoms. The van der Waals surface area contributed by atoms with Gasteiger partial charge in [-0.25, -0.2) is 0 Å². The van der Waals surface area contributed by atoms with Crippen LogP contribution in [0.4, 0.5) is 0 Å². The fourth-order valence-corrected chi connectivity index (χ4v) is 8.54. The van der Waals surface area contributed by atoms with E-state index in [4.69, 9.17) is 9.47 Å². The van der Waals surface area contributed by atoms with Crippen molar-refractivity contribution in [3.8, 4) is 0 Å². The Bertz CT molecular complexity index is 819. The van der Waals surface area contributed by atoms with E-state index in [1.807, 2.05) is 0 Å². The summed E-state index contributed by atoms with van der Waals surface area (Å²) in [6, 6.07) is 0. The average molecular weight is 651 g/mol. The van der Waals surface area contributed by atoms with Gasteiger partial charge in [0, 0.05) is 12.8 Å². The standard InChI is InChI=1S/C45H78O2/c1-4-6-8-10-12-14-16-18-20-22-24-26-28-30-32-34-36-45(46-43-41-38-40(3)42(39-41)44(43)47-45)37-35-33-31-29-27-25-23-21-19-17-15-13-11-9-7-5-2/h12-15,18-21,40-44H,4-11,16-17,22-39H2,1-3H3/b14-12-,15-13-,20-18-,21-19-/t40-,41?,42?,43+,44-/m1/s1. The molecule has 270 valence electrons. The Labute approximate surface area is 293 Å². The van der Waals surface area contributed by atoms with Crippen LogP contribution in [0.25, 0.3) is 0 Å². The predicted octanol–water partition coefficient (Wildman–Crippen LogP) is 14.5. The zero-order valence-corrected chi connectivity index (χ0v) is 31.6. The summed E-state index contributed by atoms with van der Waals surface area (Å²) >= 11 is 0. The molecule has 2 saturated carbocycles. The van der Waals surface area contributed by atoms with Gasteiger partial charge in [-0.15, -0.1) is 0 Å². The monoisotopic (exact) mass is 651 g/mol. The van der Waals surface area contributed by atoms with Gasteiger partial charge < -0.3 is 9.47 Å². The van der Waals surface area contributed by atoms with Crippen LogP contribution >= 0.6 is 0 Å². The summed E-state index contributed by atoms with van der Waals surface area (Å²) in [7, 11) is 0. The van der Waals surface area contributed by atoms with Gasteiger partial charge in [0.05, 0.1) is 12.2 Å². The van der Waals surface area contributed by atoms with Gasteiger partial charge in [-0.2, -0.15) is 0 Å². The van der Waals surface area contributed by atoms with Crippen LogP contribution < -0.4 is 0 Å². The van der Waals surface area contributed by atoms with E-state index in [-0.39, 0.29) is 5.79 Å². The molecule has 3 rings (SSSR count). The van der Waals surface area contributed by atoms with E-state index < -0.39 is 0 Å². The SMILES string of the molecule is CCCCC/C=C\C/C=C\CCCCCCCCC1(CCCCCCCC/C=C\C/C=C\CCCCC)O[C@@H]2C3CC(C[C@H]3C)[C@@H]2O1. The molecule has 2 nitrogen and oxygen atoms in total. The van der Waals surface area contributed by atoms with Crippen LogP contribution in [0.2, 0.25) is 0 Å². The topological polar surface area (TPSA) is 18.5 Å². The van der Waals surface area contributed by atoms with Gasteiger partial charge in [0.1, 0.15) is 0 Å². The van der Waals surface area contributed by atoms with E-state index in [9.17, 15) is 0 Å². The number of hydrogen-bond acceptors (Lipinski definition) is 2. The first-order chi connectivity index (χ1) is 23.2. The van der Waals surface area contributed by atoms with Crippen LogP contribution in [-0.4, -0.2) is 18.0 Å². The van der Waals surface area contributed by atoms with Crippen LogP contribution in [-0.2, 0) is 9.47 Å². The van der Waals surface area contributed by atoms with E-state index >= 15 is 0 Å². The Balaban J connectivity index is 1.23. The molecule has 0 amide bonds. The Morgan fingerprint density at radius 1 is 0.468 bits per heavy atom. The first-order valence-corrected chi connectivity index (χ1v) is 21.1. The van der Waals surface area contributed by atoms with Crippen molar-refractivity contribution in [1.29, 1.82) is 0 Å². The zero-order chi connectivity index (χ0) is 33.3. The highest BCUT2D eigenvalue weighted by Crippen LogP contribution is 2.57. The lowest BCUT2D eigenvalue weighted by molar-refractivity contribution is -0.196. The highest BCUT2D eigenvalue weighted by molar-refractivity contribution is 5.06. The van der Waals surface area contributed by atoms with Gasteiger partial charge in [-0.05, 0) is 108 Å². The van der Waals surface area contributed by atoms with Crippen LogP contribution in [0.15, 0.2) is 48.6 Å².